The normalized spacial score (nSPS) is 10.3. The van der Waals surface area contributed by atoms with Gasteiger partial charge in [0.1, 0.15) is 5.75 Å². The Morgan fingerprint density at radius 2 is 2.00 bits per heavy atom. The lowest BCUT2D eigenvalue weighted by Crippen LogP contribution is -2.19. The van der Waals surface area contributed by atoms with Crippen molar-refractivity contribution in [3.05, 3.63) is 28.8 Å². The SMILES string of the molecule is CCOC(=O)C(=O)c1cccc(Cl)c1OC(C)C. The van der Waals surface area contributed by atoms with Crippen molar-refractivity contribution in [2.24, 2.45) is 0 Å². The highest BCUT2D eigenvalue weighted by Gasteiger charge is 2.23. The zero-order valence-corrected chi connectivity index (χ0v) is 11.3. The van der Waals surface area contributed by atoms with E-state index < -0.39 is 11.8 Å². The predicted molar refractivity (Wildman–Crippen MR) is 68.2 cm³/mol. The highest BCUT2D eigenvalue weighted by molar-refractivity contribution is 6.42. The topological polar surface area (TPSA) is 52.6 Å². The molecule has 0 atom stereocenters. The van der Waals surface area contributed by atoms with Gasteiger partial charge in [-0.2, -0.15) is 0 Å². The summed E-state index contributed by atoms with van der Waals surface area (Å²) in [6.45, 7) is 5.39. The van der Waals surface area contributed by atoms with E-state index in [9.17, 15) is 9.59 Å². The number of ketones is 1. The van der Waals surface area contributed by atoms with E-state index in [1.807, 2.05) is 13.8 Å². The largest absolute Gasteiger partial charge is 0.489 e. The first-order chi connectivity index (χ1) is 8.47. The fourth-order valence-corrected chi connectivity index (χ4v) is 1.57. The van der Waals surface area contributed by atoms with Crippen molar-refractivity contribution in [2.45, 2.75) is 26.9 Å². The lowest BCUT2D eigenvalue weighted by atomic mass is 10.1. The second kappa shape index (κ2) is 6.40. The molecule has 5 heteroatoms. The summed E-state index contributed by atoms with van der Waals surface area (Å²) in [6.07, 6.45) is -0.154. The van der Waals surface area contributed by atoms with E-state index in [4.69, 9.17) is 16.3 Å². The van der Waals surface area contributed by atoms with Crippen molar-refractivity contribution >= 4 is 23.4 Å². The third kappa shape index (κ3) is 3.47. The van der Waals surface area contributed by atoms with Crippen LogP contribution in [0.15, 0.2) is 18.2 Å². The lowest BCUT2D eigenvalue weighted by molar-refractivity contribution is -0.137. The molecule has 0 saturated heterocycles. The van der Waals surface area contributed by atoms with Crippen molar-refractivity contribution in [1.82, 2.24) is 0 Å². The van der Waals surface area contributed by atoms with Gasteiger partial charge in [-0.1, -0.05) is 17.7 Å². The maximum Gasteiger partial charge on any atom is 0.379 e. The summed E-state index contributed by atoms with van der Waals surface area (Å²) in [5.74, 6) is -1.45. The minimum absolute atomic E-state index is 0.120. The van der Waals surface area contributed by atoms with Crippen LogP contribution in [0.3, 0.4) is 0 Å². The summed E-state index contributed by atoms with van der Waals surface area (Å²) in [5, 5.41) is 0.291. The molecule has 0 heterocycles. The van der Waals surface area contributed by atoms with Crippen LogP contribution in [-0.4, -0.2) is 24.5 Å². The first kappa shape index (κ1) is 14.5. The van der Waals surface area contributed by atoms with Gasteiger partial charge in [0, 0.05) is 0 Å². The van der Waals surface area contributed by atoms with E-state index in [0.717, 1.165) is 0 Å². The summed E-state index contributed by atoms with van der Waals surface area (Å²) in [7, 11) is 0. The Balaban J connectivity index is 3.11. The Kier molecular flexibility index (Phi) is 5.16. The number of ether oxygens (including phenoxy) is 2. The number of rotatable bonds is 5. The third-order valence-corrected chi connectivity index (χ3v) is 2.32. The first-order valence-corrected chi connectivity index (χ1v) is 6.01. The zero-order valence-electron chi connectivity index (χ0n) is 10.5. The van der Waals surface area contributed by atoms with Gasteiger partial charge >= 0.3 is 5.97 Å². The van der Waals surface area contributed by atoms with Crippen LogP contribution < -0.4 is 4.74 Å². The number of carbonyl (C=O) groups excluding carboxylic acids is 2. The van der Waals surface area contributed by atoms with Crippen molar-refractivity contribution in [3.8, 4) is 5.75 Å². The summed E-state index contributed by atoms with van der Waals surface area (Å²) >= 11 is 5.97. The van der Waals surface area contributed by atoms with Gasteiger partial charge in [-0.15, -0.1) is 0 Å². The second-order valence-electron chi connectivity index (χ2n) is 3.83. The van der Waals surface area contributed by atoms with Gasteiger partial charge in [-0.25, -0.2) is 4.79 Å². The molecule has 0 bridgehead atoms. The van der Waals surface area contributed by atoms with Gasteiger partial charge in [0.05, 0.1) is 23.3 Å². The van der Waals surface area contributed by atoms with Crippen LogP contribution >= 0.6 is 11.6 Å². The molecule has 0 radical (unpaired) electrons. The molecule has 18 heavy (non-hydrogen) atoms. The predicted octanol–water partition coefficient (Wildman–Crippen LogP) is 2.87. The molecule has 0 aromatic heterocycles. The Morgan fingerprint density at radius 1 is 1.33 bits per heavy atom. The molecule has 1 aromatic carbocycles. The van der Waals surface area contributed by atoms with E-state index >= 15 is 0 Å². The standard InChI is InChI=1S/C13H15ClO4/c1-4-17-13(16)11(15)9-6-5-7-10(14)12(9)18-8(2)3/h5-8H,4H2,1-3H3. The molecule has 1 aromatic rings. The number of halogens is 1. The number of benzene rings is 1. The number of esters is 1. The average Bonchev–Trinajstić information content (AvgIpc) is 2.30. The molecule has 0 spiro atoms. The molecule has 0 aliphatic carbocycles. The summed E-state index contributed by atoms with van der Waals surface area (Å²) < 4.78 is 10.1. The lowest BCUT2D eigenvalue weighted by Gasteiger charge is -2.14. The Labute approximate surface area is 111 Å². The van der Waals surface area contributed by atoms with E-state index in [-0.39, 0.29) is 24.0 Å². The molecule has 98 valence electrons. The van der Waals surface area contributed by atoms with Crippen LogP contribution in [0.25, 0.3) is 0 Å². The molecular weight excluding hydrogens is 256 g/mol. The molecule has 0 aliphatic rings. The van der Waals surface area contributed by atoms with Crippen LogP contribution in [0.5, 0.6) is 5.75 Å². The van der Waals surface area contributed by atoms with Gasteiger partial charge < -0.3 is 9.47 Å². The van der Waals surface area contributed by atoms with Gasteiger partial charge in [0.15, 0.2) is 0 Å². The summed E-state index contributed by atoms with van der Waals surface area (Å²) in [6, 6.07) is 4.67. The van der Waals surface area contributed by atoms with Crippen LogP contribution in [-0.2, 0) is 9.53 Å². The van der Waals surface area contributed by atoms with E-state index in [2.05, 4.69) is 4.74 Å². The van der Waals surface area contributed by atoms with Gasteiger partial charge in [-0.05, 0) is 32.9 Å². The maximum atomic E-state index is 11.9. The minimum atomic E-state index is -0.909. The van der Waals surface area contributed by atoms with E-state index in [1.165, 1.54) is 6.07 Å². The van der Waals surface area contributed by atoms with Gasteiger partial charge in [-0.3, -0.25) is 4.79 Å². The number of carbonyl (C=O) groups is 2. The van der Waals surface area contributed by atoms with Crippen molar-refractivity contribution in [2.75, 3.05) is 6.61 Å². The highest BCUT2D eigenvalue weighted by atomic mass is 35.5. The summed E-state index contributed by atoms with van der Waals surface area (Å²) in [4.78, 5) is 23.3. The molecule has 0 N–H and O–H groups in total. The molecule has 0 fully saturated rings. The number of hydrogen-bond acceptors (Lipinski definition) is 4. The van der Waals surface area contributed by atoms with Gasteiger partial charge in [0.25, 0.3) is 5.78 Å². The zero-order chi connectivity index (χ0) is 13.7. The fourth-order valence-electron chi connectivity index (χ4n) is 1.35. The second-order valence-corrected chi connectivity index (χ2v) is 4.24. The first-order valence-electron chi connectivity index (χ1n) is 5.64. The van der Waals surface area contributed by atoms with Gasteiger partial charge in [0.2, 0.25) is 0 Å². The third-order valence-electron chi connectivity index (χ3n) is 2.03. The van der Waals surface area contributed by atoms with Crippen LogP contribution in [0, 0.1) is 0 Å². The van der Waals surface area contributed by atoms with Crippen LogP contribution in [0.1, 0.15) is 31.1 Å². The summed E-state index contributed by atoms with van der Waals surface area (Å²) in [5.41, 5.74) is 0.120. The molecule has 4 nitrogen and oxygen atoms in total. The molecule has 0 saturated carbocycles. The highest BCUT2D eigenvalue weighted by Crippen LogP contribution is 2.30. The van der Waals surface area contributed by atoms with Crippen molar-refractivity contribution in [1.29, 1.82) is 0 Å². The maximum absolute atomic E-state index is 11.9. The van der Waals surface area contributed by atoms with Crippen molar-refractivity contribution < 1.29 is 19.1 Å². The van der Waals surface area contributed by atoms with Crippen LogP contribution in [0.4, 0.5) is 0 Å². The molecule has 1 rings (SSSR count). The number of para-hydroxylation sites is 1. The Morgan fingerprint density at radius 3 is 2.56 bits per heavy atom. The fraction of sp³-hybridized carbons (Fsp3) is 0.385. The monoisotopic (exact) mass is 270 g/mol. The molecule has 0 unspecified atom stereocenters. The Bertz CT molecular complexity index is 454. The molecular formula is C13H15ClO4. The van der Waals surface area contributed by atoms with E-state index in [1.54, 1.807) is 19.1 Å². The number of Topliss-reactive ketones (excluding diaryl/α,β-unsaturated/α-hetero) is 1. The van der Waals surface area contributed by atoms with Crippen molar-refractivity contribution in [3.63, 3.8) is 0 Å². The molecule has 0 amide bonds. The van der Waals surface area contributed by atoms with Crippen LogP contribution in [0.2, 0.25) is 5.02 Å². The average molecular weight is 271 g/mol. The van der Waals surface area contributed by atoms with E-state index in [0.29, 0.717) is 5.02 Å². The quantitative estimate of drug-likeness (QED) is 0.469. The molecule has 0 aliphatic heterocycles. The smallest absolute Gasteiger partial charge is 0.379 e. The minimum Gasteiger partial charge on any atom is -0.489 e. The number of hydrogen-bond donors (Lipinski definition) is 0. The Hall–Kier alpha value is -1.55.